The second-order valence-corrected chi connectivity index (χ2v) is 7.10. The maximum absolute atomic E-state index is 12.5. The predicted octanol–water partition coefficient (Wildman–Crippen LogP) is 3.20. The topological polar surface area (TPSA) is 70.4 Å². The first-order valence-electron chi connectivity index (χ1n) is 9.08. The number of aliphatic hydroxyl groups excluding tert-OH is 1. The second-order valence-electron chi connectivity index (χ2n) is 6.69. The fourth-order valence-corrected chi connectivity index (χ4v) is 3.53. The minimum absolute atomic E-state index is 0.235. The summed E-state index contributed by atoms with van der Waals surface area (Å²) < 4.78 is 1.89. The first-order valence-corrected chi connectivity index (χ1v) is 9.46. The van der Waals surface area contributed by atoms with Crippen LogP contribution in [-0.4, -0.2) is 51.4 Å². The number of hydrogen-bond donors (Lipinski definition) is 2. The fourth-order valence-electron chi connectivity index (χ4n) is 3.31. The van der Waals surface area contributed by atoms with E-state index in [9.17, 15) is 9.90 Å². The van der Waals surface area contributed by atoms with Crippen LogP contribution in [0.4, 0.5) is 5.82 Å². The van der Waals surface area contributed by atoms with E-state index in [1.54, 1.807) is 30.5 Å². The lowest BCUT2D eigenvalue weighted by molar-refractivity contribution is 0.0867. The van der Waals surface area contributed by atoms with Crippen LogP contribution in [0.5, 0.6) is 0 Å². The molecule has 1 saturated heterocycles. The highest BCUT2D eigenvalue weighted by molar-refractivity contribution is 6.34. The molecule has 1 fully saturated rings. The molecular weight excluding hydrogens is 352 g/mol. The molecule has 1 amide bonds. The largest absolute Gasteiger partial charge is 0.392 e. The number of carbonyl (C=O) groups excluding carboxylic acids is 1. The predicted molar refractivity (Wildman–Crippen MR) is 103 cm³/mol. The molecule has 1 unspecified atom stereocenters. The summed E-state index contributed by atoms with van der Waals surface area (Å²) in [5, 5.41) is 17.6. The van der Waals surface area contributed by atoms with Gasteiger partial charge in [-0.15, -0.1) is 0 Å². The number of aromatic nitrogens is 2. The molecule has 2 aromatic rings. The van der Waals surface area contributed by atoms with Gasteiger partial charge in [-0.2, -0.15) is 5.10 Å². The number of nitrogens with zero attached hydrogens (tertiary/aromatic N) is 3. The van der Waals surface area contributed by atoms with Crippen molar-refractivity contribution in [3.63, 3.8) is 0 Å². The molecule has 1 aromatic carbocycles. The van der Waals surface area contributed by atoms with Crippen LogP contribution in [0.25, 0.3) is 0 Å². The van der Waals surface area contributed by atoms with Crippen LogP contribution in [0.1, 0.15) is 42.6 Å². The van der Waals surface area contributed by atoms with Crippen molar-refractivity contribution in [2.24, 2.45) is 0 Å². The Balaban J connectivity index is 1.63. The van der Waals surface area contributed by atoms with Gasteiger partial charge in [0.15, 0.2) is 0 Å². The van der Waals surface area contributed by atoms with Crippen molar-refractivity contribution >= 4 is 23.3 Å². The Morgan fingerprint density at radius 1 is 1.35 bits per heavy atom. The molecule has 26 heavy (non-hydrogen) atoms. The summed E-state index contributed by atoms with van der Waals surface area (Å²) in [5.41, 5.74) is 0.449. The van der Waals surface area contributed by atoms with E-state index >= 15 is 0 Å². The Morgan fingerprint density at radius 2 is 2.08 bits per heavy atom. The monoisotopic (exact) mass is 376 g/mol. The molecule has 2 heterocycles. The molecule has 2 N–H and O–H groups in total. The molecule has 140 valence electrons. The number of carbonyl (C=O) groups is 1. The summed E-state index contributed by atoms with van der Waals surface area (Å²) in [6, 6.07) is 9.04. The number of benzene rings is 1. The van der Waals surface area contributed by atoms with E-state index in [2.05, 4.69) is 15.3 Å². The molecule has 1 atom stereocenters. The highest BCUT2D eigenvalue weighted by Crippen LogP contribution is 2.26. The van der Waals surface area contributed by atoms with E-state index in [1.165, 1.54) is 0 Å². The molecule has 1 aromatic heterocycles. The van der Waals surface area contributed by atoms with Gasteiger partial charge in [-0.05, 0) is 31.4 Å². The van der Waals surface area contributed by atoms with Gasteiger partial charge in [-0.25, -0.2) is 4.68 Å². The molecule has 1 aliphatic rings. The van der Waals surface area contributed by atoms with Crippen molar-refractivity contribution in [2.75, 3.05) is 25.0 Å². The standard InChI is InChI=1S/C19H25ClN4O2/c1-2-15(25)13-23-11-8-14(9-12-23)24-18(7-10-21-24)22-19(26)16-5-3-4-6-17(16)20/h3-7,10,14-15,25H,2,8-9,11-13H2,1H3,(H,22,26). The minimum atomic E-state index is -0.262. The lowest BCUT2D eigenvalue weighted by Crippen LogP contribution is -2.39. The van der Waals surface area contributed by atoms with Crippen LogP contribution >= 0.6 is 11.6 Å². The molecule has 0 saturated carbocycles. The zero-order valence-corrected chi connectivity index (χ0v) is 15.7. The summed E-state index contributed by atoms with van der Waals surface area (Å²) in [5.74, 6) is 0.447. The maximum Gasteiger partial charge on any atom is 0.258 e. The average Bonchev–Trinajstić information content (AvgIpc) is 3.10. The molecule has 0 spiro atoms. The van der Waals surface area contributed by atoms with Crippen molar-refractivity contribution in [1.82, 2.24) is 14.7 Å². The van der Waals surface area contributed by atoms with Crippen molar-refractivity contribution in [2.45, 2.75) is 38.3 Å². The van der Waals surface area contributed by atoms with Gasteiger partial charge in [0, 0.05) is 25.7 Å². The zero-order valence-electron chi connectivity index (χ0n) is 14.9. The highest BCUT2D eigenvalue weighted by Gasteiger charge is 2.24. The van der Waals surface area contributed by atoms with Crippen LogP contribution in [0.3, 0.4) is 0 Å². The van der Waals surface area contributed by atoms with Crippen LogP contribution < -0.4 is 5.32 Å². The average molecular weight is 377 g/mol. The van der Waals surface area contributed by atoms with E-state index in [1.807, 2.05) is 17.7 Å². The van der Waals surface area contributed by atoms with Gasteiger partial charge in [0.25, 0.3) is 5.91 Å². The van der Waals surface area contributed by atoms with E-state index < -0.39 is 0 Å². The van der Waals surface area contributed by atoms with Gasteiger partial charge in [0.2, 0.25) is 0 Å². The summed E-state index contributed by atoms with van der Waals surface area (Å²) in [6.07, 6.45) is 4.09. The van der Waals surface area contributed by atoms with Gasteiger partial charge >= 0.3 is 0 Å². The highest BCUT2D eigenvalue weighted by atomic mass is 35.5. The van der Waals surface area contributed by atoms with Gasteiger partial charge in [0.05, 0.1) is 28.9 Å². The number of hydrogen-bond acceptors (Lipinski definition) is 4. The van der Waals surface area contributed by atoms with Crippen molar-refractivity contribution in [1.29, 1.82) is 0 Å². The van der Waals surface area contributed by atoms with Crippen molar-refractivity contribution < 1.29 is 9.90 Å². The van der Waals surface area contributed by atoms with Gasteiger partial charge < -0.3 is 15.3 Å². The third kappa shape index (κ3) is 4.44. The molecule has 3 rings (SSSR count). The third-order valence-corrected chi connectivity index (χ3v) is 5.20. The fraction of sp³-hybridized carbons (Fsp3) is 0.474. The number of anilines is 1. The van der Waals surface area contributed by atoms with E-state index in [0.29, 0.717) is 16.4 Å². The summed E-state index contributed by atoms with van der Waals surface area (Å²) >= 11 is 6.11. The maximum atomic E-state index is 12.5. The minimum Gasteiger partial charge on any atom is -0.392 e. The van der Waals surface area contributed by atoms with E-state index in [-0.39, 0.29) is 18.1 Å². The van der Waals surface area contributed by atoms with E-state index in [0.717, 1.165) is 38.9 Å². The van der Waals surface area contributed by atoms with Crippen LogP contribution in [0.15, 0.2) is 36.5 Å². The summed E-state index contributed by atoms with van der Waals surface area (Å²) in [4.78, 5) is 14.8. The molecule has 0 radical (unpaired) electrons. The summed E-state index contributed by atoms with van der Waals surface area (Å²) in [6.45, 7) is 4.55. The molecule has 1 aliphatic heterocycles. The van der Waals surface area contributed by atoms with E-state index in [4.69, 9.17) is 11.6 Å². The lowest BCUT2D eigenvalue weighted by atomic mass is 10.0. The summed E-state index contributed by atoms with van der Waals surface area (Å²) in [7, 11) is 0. The van der Waals surface area contributed by atoms with Gasteiger partial charge in [-0.3, -0.25) is 4.79 Å². The molecule has 0 bridgehead atoms. The number of rotatable bonds is 6. The number of likely N-dealkylation sites (tertiary alicyclic amines) is 1. The SMILES string of the molecule is CCC(O)CN1CCC(n2nccc2NC(=O)c2ccccc2Cl)CC1. The molecule has 6 nitrogen and oxygen atoms in total. The molecule has 0 aliphatic carbocycles. The van der Waals surface area contributed by atoms with Gasteiger partial charge in [0.1, 0.15) is 5.82 Å². The first kappa shape index (κ1) is 18.9. The molecular formula is C19H25ClN4O2. The van der Waals surface area contributed by atoms with Crippen LogP contribution in [0, 0.1) is 0 Å². The normalized spacial score (nSPS) is 17.2. The Bertz CT molecular complexity index is 741. The number of amides is 1. The second kappa shape index (κ2) is 8.66. The third-order valence-electron chi connectivity index (χ3n) is 4.87. The molecule has 7 heteroatoms. The van der Waals surface area contributed by atoms with Crippen LogP contribution in [0.2, 0.25) is 5.02 Å². The Hall–Kier alpha value is -1.89. The zero-order chi connectivity index (χ0) is 18.5. The Kier molecular flexibility index (Phi) is 6.29. The smallest absolute Gasteiger partial charge is 0.258 e. The van der Waals surface area contributed by atoms with Gasteiger partial charge in [-0.1, -0.05) is 30.7 Å². The number of piperidine rings is 1. The first-order chi connectivity index (χ1) is 12.6. The Labute approximate surface area is 158 Å². The number of nitrogens with one attached hydrogen (secondary N) is 1. The van der Waals surface area contributed by atoms with Crippen molar-refractivity contribution in [3.05, 3.63) is 47.1 Å². The number of halogens is 1. The van der Waals surface area contributed by atoms with Crippen molar-refractivity contribution in [3.8, 4) is 0 Å². The van der Waals surface area contributed by atoms with Crippen LogP contribution in [-0.2, 0) is 0 Å². The number of β-amino-alcohol motifs (C(OH)–C–C–N with tert-alkyl or cyclic N) is 1. The number of aliphatic hydroxyl groups is 1. The lowest BCUT2D eigenvalue weighted by Gasteiger charge is -2.33. The Morgan fingerprint density at radius 3 is 2.77 bits per heavy atom. The quantitative estimate of drug-likeness (QED) is 0.812.